The SMILES string of the molecule is Cc1ccc2c(c1)C1=NN(c3ccccc3)[C@H](c3ccc(Cl)cc3)[C@@H]1CCC2. The fourth-order valence-corrected chi connectivity index (χ4v) is 4.74. The molecule has 0 saturated heterocycles. The Labute approximate surface area is 171 Å². The Kier molecular flexibility index (Phi) is 4.44. The van der Waals surface area contributed by atoms with Crippen LogP contribution in [0.2, 0.25) is 5.02 Å². The lowest BCUT2D eigenvalue weighted by atomic mass is 9.85. The van der Waals surface area contributed by atoms with Gasteiger partial charge in [0.25, 0.3) is 0 Å². The van der Waals surface area contributed by atoms with E-state index in [1.54, 1.807) is 0 Å². The van der Waals surface area contributed by atoms with Gasteiger partial charge in [0.2, 0.25) is 0 Å². The number of para-hydroxylation sites is 1. The number of benzene rings is 3. The van der Waals surface area contributed by atoms with Crippen LogP contribution in [0.15, 0.2) is 77.9 Å². The van der Waals surface area contributed by atoms with E-state index in [4.69, 9.17) is 16.7 Å². The molecule has 1 heterocycles. The first-order valence-electron chi connectivity index (χ1n) is 9.99. The van der Waals surface area contributed by atoms with Crippen LogP contribution >= 0.6 is 11.6 Å². The summed E-state index contributed by atoms with van der Waals surface area (Å²) in [5, 5.41) is 8.22. The van der Waals surface area contributed by atoms with Gasteiger partial charge >= 0.3 is 0 Å². The summed E-state index contributed by atoms with van der Waals surface area (Å²) >= 11 is 6.18. The minimum absolute atomic E-state index is 0.195. The molecule has 140 valence electrons. The van der Waals surface area contributed by atoms with Gasteiger partial charge in [-0.15, -0.1) is 0 Å². The minimum atomic E-state index is 0.195. The van der Waals surface area contributed by atoms with Crippen LogP contribution in [0.4, 0.5) is 5.69 Å². The van der Waals surface area contributed by atoms with Crippen molar-refractivity contribution in [1.82, 2.24) is 0 Å². The highest BCUT2D eigenvalue weighted by atomic mass is 35.5. The molecular weight excluding hydrogens is 364 g/mol. The monoisotopic (exact) mass is 386 g/mol. The second-order valence-corrected chi connectivity index (χ2v) is 8.26. The molecule has 2 nitrogen and oxygen atoms in total. The molecule has 0 fully saturated rings. The zero-order valence-corrected chi connectivity index (χ0v) is 16.7. The molecule has 2 aliphatic rings. The van der Waals surface area contributed by atoms with E-state index in [0.29, 0.717) is 5.92 Å². The molecule has 2 atom stereocenters. The number of fused-ring (bicyclic) bond motifs is 3. The Morgan fingerprint density at radius 3 is 2.54 bits per heavy atom. The van der Waals surface area contributed by atoms with Crippen molar-refractivity contribution in [2.75, 3.05) is 5.01 Å². The molecule has 28 heavy (non-hydrogen) atoms. The van der Waals surface area contributed by atoms with E-state index in [1.165, 1.54) is 34.4 Å². The molecule has 1 aliphatic carbocycles. The molecule has 0 spiro atoms. The first kappa shape index (κ1) is 17.5. The highest BCUT2D eigenvalue weighted by Crippen LogP contribution is 2.45. The number of aryl methyl sites for hydroxylation is 2. The molecular formula is C25H23ClN2. The number of hydrogen-bond donors (Lipinski definition) is 0. The standard InChI is InChI=1S/C25H23ClN2/c1-17-10-11-18-6-5-9-22-24(23(18)16-17)27-28(21-7-3-2-4-8-21)25(22)19-12-14-20(26)15-13-19/h2-4,7-8,10-16,22,25H,5-6,9H2,1H3/t22-,25-/m1/s1. The third kappa shape index (κ3) is 3.02. The molecule has 0 unspecified atom stereocenters. The van der Waals surface area contributed by atoms with E-state index in [0.717, 1.165) is 23.6 Å². The van der Waals surface area contributed by atoms with E-state index >= 15 is 0 Å². The van der Waals surface area contributed by atoms with Gasteiger partial charge in [-0.3, -0.25) is 5.01 Å². The van der Waals surface area contributed by atoms with Gasteiger partial charge in [-0.2, -0.15) is 5.10 Å². The third-order valence-electron chi connectivity index (χ3n) is 5.95. The number of hydrogen-bond acceptors (Lipinski definition) is 2. The van der Waals surface area contributed by atoms with Gasteiger partial charge in [0.1, 0.15) is 0 Å². The van der Waals surface area contributed by atoms with E-state index < -0.39 is 0 Å². The van der Waals surface area contributed by atoms with Crippen molar-refractivity contribution in [2.24, 2.45) is 11.0 Å². The summed E-state index contributed by atoms with van der Waals surface area (Å²) in [6.45, 7) is 2.17. The summed E-state index contributed by atoms with van der Waals surface area (Å²) in [4.78, 5) is 0. The average molecular weight is 387 g/mol. The van der Waals surface area contributed by atoms with Gasteiger partial charge in [0.15, 0.2) is 0 Å². The van der Waals surface area contributed by atoms with Crippen LogP contribution in [0.5, 0.6) is 0 Å². The highest BCUT2D eigenvalue weighted by molar-refractivity contribution is 6.30. The van der Waals surface area contributed by atoms with Gasteiger partial charge in [-0.05, 0) is 67.6 Å². The second-order valence-electron chi connectivity index (χ2n) is 7.82. The molecule has 0 saturated carbocycles. The lowest BCUT2D eigenvalue weighted by Gasteiger charge is -2.28. The molecule has 3 aromatic carbocycles. The topological polar surface area (TPSA) is 15.6 Å². The second kappa shape index (κ2) is 7.10. The number of anilines is 1. The lowest BCUT2D eigenvalue weighted by molar-refractivity contribution is 0.505. The molecule has 0 radical (unpaired) electrons. The van der Waals surface area contributed by atoms with Crippen molar-refractivity contribution >= 4 is 23.0 Å². The summed E-state index contributed by atoms with van der Waals surface area (Å²) in [6, 6.07) is 25.8. The maximum absolute atomic E-state index is 6.18. The van der Waals surface area contributed by atoms with Crippen LogP contribution in [0.1, 0.15) is 41.1 Å². The molecule has 0 N–H and O–H groups in total. The van der Waals surface area contributed by atoms with Gasteiger partial charge in [-0.25, -0.2) is 0 Å². The van der Waals surface area contributed by atoms with Crippen LogP contribution < -0.4 is 5.01 Å². The summed E-state index contributed by atoms with van der Waals surface area (Å²) in [5.74, 6) is 0.379. The van der Waals surface area contributed by atoms with Gasteiger partial charge in [0, 0.05) is 16.5 Å². The van der Waals surface area contributed by atoms with Crippen molar-refractivity contribution < 1.29 is 0 Å². The molecule has 0 bridgehead atoms. The van der Waals surface area contributed by atoms with Gasteiger partial charge < -0.3 is 0 Å². The minimum Gasteiger partial charge on any atom is -0.257 e. The van der Waals surface area contributed by atoms with Crippen molar-refractivity contribution in [3.63, 3.8) is 0 Å². The average Bonchev–Trinajstić information content (AvgIpc) is 3.00. The van der Waals surface area contributed by atoms with Gasteiger partial charge in [0.05, 0.1) is 17.4 Å². The molecule has 0 aromatic heterocycles. The molecule has 5 rings (SSSR count). The predicted molar refractivity (Wildman–Crippen MR) is 117 cm³/mol. The fraction of sp³-hybridized carbons (Fsp3) is 0.240. The molecule has 3 aromatic rings. The Hall–Kier alpha value is -2.58. The van der Waals surface area contributed by atoms with E-state index in [-0.39, 0.29) is 6.04 Å². The Bertz CT molecular complexity index is 1020. The largest absolute Gasteiger partial charge is 0.257 e. The Balaban J connectivity index is 1.67. The fourth-order valence-electron chi connectivity index (χ4n) is 4.61. The van der Waals surface area contributed by atoms with Crippen molar-refractivity contribution in [3.8, 4) is 0 Å². The number of hydrazone groups is 1. The summed E-state index contributed by atoms with van der Waals surface area (Å²) in [7, 11) is 0. The lowest BCUT2D eigenvalue weighted by Crippen LogP contribution is -2.25. The van der Waals surface area contributed by atoms with Crippen molar-refractivity contribution in [3.05, 3.63) is 100 Å². The first-order chi connectivity index (χ1) is 13.7. The maximum atomic E-state index is 6.18. The zero-order chi connectivity index (χ0) is 19.1. The Morgan fingerprint density at radius 2 is 1.75 bits per heavy atom. The van der Waals surface area contributed by atoms with Crippen LogP contribution in [-0.4, -0.2) is 5.71 Å². The molecule has 3 heteroatoms. The van der Waals surface area contributed by atoms with E-state index in [1.807, 2.05) is 12.1 Å². The molecule has 1 aliphatic heterocycles. The van der Waals surface area contributed by atoms with E-state index in [9.17, 15) is 0 Å². The Morgan fingerprint density at radius 1 is 0.964 bits per heavy atom. The summed E-state index contributed by atoms with van der Waals surface area (Å²) in [5.41, 5.74) is 7.70. The van der Waals surface area contributed by atoms with Crippen molar-refractivity contribution in [1.29, 1.82) is 0 Å². The first-order valence-corrected chi connectivity index (χ1v) is 10.4. The van der Waals surface area contributed by atoms with Crippen molar-refractivity contribution in [2.45, 2.75) is 32.2 Å². The van der Waals surface area contributed by atoms with Crippen LogP contribution in [0, 0.1) is 12.8 Å². The van der Waals surface area contributed by atoms with Gasteiger partial charge in [-0.1, -0.05) is 59.6 Å². The van der Waals surface area contributed by atoms with E-state index in [2.05, 4.69) is 72.6 Å². The van der Waals surface area contributed by atoms with Crippen LogP contribution in [-0.2, 0) is 6.42 Å². The number of nitrogens with zero attached hydrogens (tertiary/aromatic N) is 2. The normalized spacial score (nSPS) is 20.9. The zero-order valence-electron chi connectivity index (χ0n) is 16.0. The summed E-state index contributed by atoms with van der Waals surface area (Å²) < 4.78 is 0. The predicted octanol–water partition coefficient (Wildman–Crippen LogP) is 6.57. The van der Waals surface area contributed by atoms with Crippen LogP contribution in [0.3, 0.4) is 0 Å². The van der Waals surface area contributed by atoms with Crippen LogP contribution in [0.25, 0.3) is 0 Å². The number of rotatable bonds is 2. The highest BCUT2D eigenvalue weighted by Gasteiger charge is 2.41. The molecule has 0 amide bonds. The summed E-state index contributed by atoms with van der Waals surface area (Å²) in [6.07, 6.45) is 3.46. The third-order valence-corrected chi connectivity index (χ3v) is 6.20. The quantitative estimate of drug-likeness (QED) is 0.486. The maximum Gasteiger partial charge on any atom is 0.0860 e. The smallest absolute Gasteiger partial charge is 0.0860 e. The number of halogens is 1.